The molecule has 0 spiro atoms. The van der Waals surface area contributed by atoms with Gasteiger partial charge >= 0.3 is 0 Å². The van der Waals surface area contributed by atoms with E-state index in [1.807, 2.05) is 78.9 Å². The summed E-state index contributed by atoms with van der Waals surface area (Å²) in [7, 11) is 0. The second-order valence-corrected chi connectivity index (χ2v) is 12.6. The number of carbonyl (C=O) groups excluding carboxylic acids is 5. The van der Waals surface area contributed by atoms with E-state index in [2.05, 4.69) is 21.3 Å². The highest BCUT2D eigenvalue weighted by molar-refractivity contribution is 6.38. The minimum atomic E-state index is -1.05. The molecule has 3 unspecified atom stereocenters. The maximum Gasteiger partial charge on any atom is 0.289 e. The Morgan fingerprint density at radius 2 is 1.40 bits per heavy atom. The first kappa shape index (κ1) is 35.1. The quantitative estimate of drug-likeness (QED) is 0.242. The van der Waals surface area contributed by atoms with Crippen LogP contribution in [0, 0.1) is 5.92 Å². The average molecular weight is 639 g/mol. The third kappa shape index (κ3) is 10.4. The van der Waals surface area contributed by atoms with Gasteiger partial charge in [0.2, 0.25) is 17.6 Å². The summed E-state index contributed by atoms with van der Waals surface area (Å²) in [4.78, 5) is 66.1. The lowest BCUT2D eigenvalue weighted by atomic mass is 9.94. The van der Waals surface area contributed by atoms with Gasteiger partial charge in [-0.05, 0) is 54.9 Å². The number of nitrogens with one attached hydrogen (secondary N) is 4. The molecule has 0 aliphatic heterocycles. The van der Waals surface area contributed by atoms with Crippen molar-refractivity contribution in [1.82, 2.24) is 21.3 Å². The normalized spacial score (nSPS) is 16.9. The fraction of sp³-hybridized carbons (Fsp3) is 0.395. The Hall–Kier alpha value is -4.79. The molecule has 2 aromatic carbocycles. The SMILES string of the molecule is CC(NC(=O)C(Cc1ccccc1)NC(=O)C1=CCC=C(c2ccccc2)C=C1)C(=O)NC(C(=O)C(=O)NC1CCCCC1)C(C)C. The number of allylic oxidation sites excluding steroid dienone is 4. The van der Waals surface area contributed by atoms with Crippen molar-refractivity contribution in [1.29, 1.82) is 0 Å². The molecule has 3 atom stereocenters. The minimum Gasteiger partial charge on any atom is -0.347 e. The Morgan fingerprint density at radius 1 is 0.745 bits per heavy atom. The lowest BCUT2D eigenvalue weighted by molar-refractivity contribution is -0.141. The summed E-state index contributed by atoms with van der Waals surface area (Å²) < 4.78 is 0. The fourth-order valence-electron chi connectivity index (χ4n) is 5.78. The Labute approximate surface area is 277 Å². The van der Waals surface area contributed by atoms with Gasteiger partial charge in [0.05, 0.1) is 6.04 Å². The number of Topliss-reactive ketones (excluding diaryl/α,β-unsaturated/α-hetero) is 1. The molecule has 2 aromatic rings. The molecule has 0 radical (unpaired) electrons. The smallest absolute Gasteiger partial charge is 0.289 e. The first-order valence-corrected chi connectivity index (χ1v) is 16.6. The molecule has 2 aliphatic carbocycles. The third-order valence-electron chi connectivity index (χ3n) is 8.55. The van der Waals surface area contributed by atoms with Crippen LogP contribution in [-0.4, -0.2) is 53.6 Å². The van der Waals surface area contributed by atoms with E-state index in [1.165, 1.54) is 6.92 Å². The van der Waals surface area contributed by atoms with Crippen LogP contribution in [0.2, 0.25) is 0 Å². The van der Waals surface area contributed by atoms with Crippen molar-refractivity contribution < 1.29 is 24.0 Å². The van der Waals surface area contributed by atoms with Crippen LogP contribution in [0.5, 0.6) is 0 Å². The monoisotopic (exact) mass is 638 g/mol. The third-order valence-corrected chi connectivity index (χ3v) is 8.55. The van der Waals surface area contributed by atoms with Crippen molar-refractivity contribution in [3.05, 3.63) is 102 Å². The van der Waals surface area contributed by atoms with Gasteiger partial charge in [-0.2, -0.15) is 0 Å². The number of hydrogen-bond donors (Lipinski definition) is 4. The summed E-state index contributed by atoms with van der Waals surface area (Å²) in [5, 5.41) is 11.1. The minimum absolute atomic E-state index is 0.0369. The highest BCUT2D eigenvalue weighted by Crippen LogP contribution is 2.21. The van der Waals surface area contributed by atoms with Crippen LogP contribution < -0.4 is 21.3 Å². The average Bonchev–Trinajstić information content (AvgIpc) is 3.34. The van der Waals surface area contributed by atoms with E-state index in [9.17, 15) is 24.0 Å². The molecule has 47 heavy (non-hydrogen) atoms. The van der Waals surface area contributed by atoms with Gasteiger partial charge in [-0.15, -0.1) is 0 Å². The molecule has 2 aliphatic rings. The van der Waals surface area contributed by atoms with E-state index in [-0.39, 0.29) is 18.4 Å². The predicted octanol–water partition coefficient (Wildman–Crippen LogP) is 4.35. The second kappa shape index (κ2) is 17.2. The Balaban J connectivity index is 1.40. The molecule has 0 bridgehead atoms. The summed E-state index contributed by atoms with van der Waals surface area (Å²) in [6.07, 6.45) is 13.0. The van der Waals surface area contributed by atoms with Crippen LogP contribution in [0.25, 0.3) is 5.57 Å². The first-order valence-electron chi connectivity index (χ1n) is 16.6. The van der Waals surface area contributed by atoms with Crippen LogP contribution in [0.3, 0.4) is 0 Å². The van der Waals surface area contributed by atoms with E-state index >= 15 is 0 Å². The van der Waals surface area contributed by atoms with Gasteiger partial charge in [0.1, 0.15) is 12.1 Å². The van der Waals surface area contributed by atoms with E-state index in [0.29, 0.717) is 12.0 Å². The molecule has 4 N–H and O–H groups in total. The second-order valence-electron chi connectivity index (χ2n) is 12.6. The molecule has 4 rings (SSSR count). The standard InChI is InChI=1S/C38H46N4O5/c1-25(2)33(34(43)38(47)40-31-20-11-6-12-21-31)42-35(44)26(3)39-37(46)32(24-27-14-7-4-8-15-27)41-36(45)30-19-13-18-29(22-23-30)28-16-9-5-10-17-28/h4-5,7-10,14-19,22-23,25-26,31-33H,6,11-13,20-21,24H2,1-3H3,(H,39,46)(H,40,47)(H,41,45)(H,42,44). The van der Waals surface area contributed by atoms with Crippen molar-refractivity contribution in [2.75, 3.05) is 0 Å². The molecule has 9 heteroatoms. The molecule has 9 nitrogen and oxygen atoms in total. The molecule has 1 fully saturated rings. The molecular weight excluding hydrogens is 592 g/mol. The van der Waals surface area contributed by atoms with Gasteiger partial charge in [0, 0.05) is 18.0 Å². The molecule has 1 saturated carbocycles. The van der Waals surface area contributed by atoms with Crippen LogP contribution in [0.4, 0.5) is 0 Å². The highest BCUT2D eigenvalue weighted by atomic mass is 16.2. The maximum atomic E-state index is 13.6. The van der Waals surface area contributed by atoms with Crippen LogP contribution in [-0.2, 0) is 30.4 Å². The largest absolute Gasteiger partial charge is 0.347 e. The molecule has 0 heterocycles. The van der Waals surface area contributed by atoms with Gasteiger partial charge in [0.15, 0.2) is 0 Å². The lowest BCUT2D eigenvalue weighted by Gasteiger charge is -2.26. The number of carbonyl (C=O) groups is 5. The molecule has 0 saturated heterocycles. The van der Waals surface area contributed by atoms with Crippen molar-refractivity contribution in [3.63, 3.8) is 0 Å². The van der Waals surface area contributed by atoms with Crippen molar-refractivity contribution in [3.8, 4) is 0 Å². The zero-order valence-corrected chi connectivity index (χ0v) is 27.5. The zero-order chi connectivity index (χ0) is 33.8. The van der Waals surface area contributed by atoms with E-state index in [4.69, 9.17) is 0 Å². The Kier molecular flexibility index (Phi) is 12.8. The summed E-state index contributed by atoms with van der Waals surface area (Å²) in [5.74, 6) is -3.32. The van der Waals surface area contributed by atoms with E-state index in [1.54, 1.807) is 19.9 Å². The summed E-state index contributed by atoms with van der Waals surface area (Å²) in [5.41, 5.74) is 3.29. The zero-order valence-electron chi connectivity index (χ0n) is 27.5. The van der Waals surface area contributed by atoms with Crippen molar-refractivity contribution in [2.24, 2.45) is 5.92 Å². The highest BCUT2D eigenvalue weighted by Gasteiger charge is 2.33. The number of rotatable bonds is 13. The Morgan fingerprint density at radius 3 is 2.06 bits per heavy atom. The van der Waals surface area contributed by atoms with Gasteiger partial charge in [-0.3, -0.25) is 24.0 Å². The molecular formula is C38H46N4O5. The van der Waals surface area contributed by atoms with Crippen molar-refractivity contribution in [2.45, 2.75) is 89.9 Å². The number of benzene rings is 2. The lowest BCUT2D eigenvalue weighted by Crippen LogP contribution is -2.57. The van der Waals surface area contributed by atoms with Gasteiger partial charge in [-0.25, -0.2) is 0 Å². The summed E-state index contributed by atoms with van der Waals surface area (Å²) >= 11 is 0. The van der Waals surface area contributed by atoms with Crippen LogP contribution in [0.15, 0.2) is 90.5 Å². The fourth-order valence-corrected chi connectivity index (χ4v) is 5.78. The maximum absolute atomic E-state index is 13.6. The van der Waals surface area contributed by atoms with E-state index < -0.39 is 47.5 Å². The van der Waals surface area contributed by atoms with Gasteiger partial charge in [0.25, 0.3) is 11.8 Å². The molecule has 248 valence electrons. The number of hydrogen-bond acceptors (Lipinski definition) is 5. The van der Waals surface area contributed by atoms with Crippen LogP contribution in [0.1, 0.15) is 70.4 Å². The summed E-state index contributed by atoms with van der Waals surface area (Å²) in [6, 6.07) is 16.1. The number of amides is 4. The molecule has 4 amide bonds. The van der Waals surface area contributed by atoms with Crippen molar-refractivity contribution >= 4 is 35.0 Å². The molecule has 0 aromatic heterocycles. The summed E-state index contributed by atoms with van der Waals surface area (Å²) in [6.45, 7) is 5.01. The Bertz CT molecular complexity index is 1510. The van der Waals surface area contributed by atoms with Crippen LogP contribution >= 0.6 is 0 Å². The van der Waals surface area contributed by atoms with Gasteiger partial charge < -0.3 is 21.3 Å². The topological polar surface area (TPSA) is 133 Å². The predicted molar refractivity (Wildman–Crippen MR) is 183 cm³/mol. The van der Waals surface area contributed by atoms with E-state index in [0.717, 1.165) is 48.8 Å². The number of ketones is 1. The van der Waals surface area contributed by atoms with Gasteiger partial charge in [-0.1, -0.05) is 112 Å². The first-order chi connectivity index (χ1) is 22.6.